The Bertz CT molecular complexity index is 558. The number of hydrogen-bond donors (Lipinski definition) is 1. The van der Waals surface area contributed by atoms with Crippen LogP contribution in [0, 0.1) is 11.6 Å². The van der Waals surface area contributed by atoms with Gasteiger partial charge in [0.1, 0.15) is 5.82 Å². The van der Waals surface area contributed by atoms with E-state index in [1.54, 1.807) is 30.3 Å². The lowest BCUT2D eigenvalue weighted by Gasteiger charge is -2.07. The zero-order valence-corrected chi connectivity index (χ0v) is 10.6. The molecular weight excluding hydrogens is 248 g/mol. The number of ether oxygens (including phenoxy) is 1. The Morgan fingerprint density at radius 2 is 1.79 bits per heavy atom. The molecule has 2 nitrogen and oxygen atoms in total. The standard InChI is InChI=1S/C15H15F2NO/c1-19-15-7-6-11(8-14(15)17)9-18-10-12-4-2-3-5-13(12)16/h2-8,18H,9-10H2,1H3. The summed E-state index contributed by atoms with van der Waals surface area (Å²) in [6.07, 6.45) is 0. The van der Waals surface area contributed by atoms with Crippen LogP contribution in [0.3, 0.4) is 0 Å². The van der Waals surface area contributed by atoms with Gasteiger partial charge >= 0.3 is 0 Å². The topological polar surface area (TPSA) is 21.3 Å². The van der Waals surface area contributed by atoms with Crippen molar-refractivity contribution in [1.29, 1.82) is 0 Å². The van der Waals surface area contributed by atoms with Gasteiger partial charge in [-0.3, -0.25) is 0 Å². The Kier molecular flexibility index (Phi) is 4.47. The summed E-state index contributed by atoms with van der Waals surface area (Å²) < 4.78 is 31.7. The van der Waals surface area contributed by atoms with Crippen LogP contribution < -0.4 is 10.1 Å². The maximum absolute atomic E-state index is 13.5. The molecule has 4 heteroatoms. The average Bonchev–Trinajstić information content (AvgIpc) is 2.41. The second-order valence-corrected chi connectivity index (χ2v) is 4.16. The van der Waals surface area contributed by atoms with Gasteiger partial charge in [-0.15, -0.1) is 0 Å². The minimum Gasteiger partial charge on any atom is -0.494 e. The Morgan fingerprint density at radius 3 is 2.47 bits per heavy atom. The highest BCUT2D eigenvalue weighted by molar-refractivity contribution is 5.29. The molecule has 100 valence electrons. The molecule has 0 saturated heterocycles. The normalized spacial score (nSPS) is 10.5. The van der Waals surface area contributed by atoms with Crippen LogP contribution in [-0.2, 0) is 13.1 Å². The van der Waals surface area contributed by atoms with Crippen molar-refractivity contribution in [1.82, 2.24) is 5.32 Å². The largest absolute Gasteiger partial charge is 0.494 e. The first kappa shape index (κ1) is 13.5. The number of benzene rings is 2. The van der Waals surface area contributed by atoms with E-state index in [9.17, 15) is 8.78 Å². The van der Waals surface area contributed by atoms with E-state index >= 15 is 0 Å². The van der Waals surface area contributed by atoms with Crippen LogP contribution in [0.4, 0.5) is 8.78 Å². The number of rotatable bonds is 5. The third-order valence-electron chi connectivity index (χ3n) is 2.82. The summed E-state index contributed by atoms with van der Waals surface area (Å²) in [7, 11) is 1.43. The number of hydrogen-bond acceptors (Lipinski definition) is 2. The van der Waals surface area contributed by atoms with Gasteiger partial charge in [0.15, 0.2) is 11.6 Å². The first-order chi connectivity index (χ1) is 9.20. The van der Waals surface area contributed by atoms with Crippen LogP contribution in [0.15, 0.2) is 42.5 Å². The van der Waals surface area contributed by atoms with Crippen molar-refractivity contribution in [2.75, 3.05) is 7.11 Å². The third-order valence-corrected chi connectivity index (χ3v) is 2.82. The molecule has 0 radical (unpaired) electrons. The molecule has 2 aromatic carbocycles. The van der Waals surface area contributed by atoms with Gasteiger partial charge in [-0.2, -0.15) is 0 Å². The van der Waals surface area contributed by atoms with Crippen LogP contribution in [-0.4, -0.2) is 7.11 Å². The average molecular weight is 263 g/mol. The molecule has 0 heterocycles. The first-order valence-electron chi connectivity index (χ1n) is 5.97. The first-order valence-corrected chi connectivity index (χ1v) is 5.97. The van der Waals surface area contributed by atoms with Gasteiger partial charge in [0.25, 0.3) is 0 Å². The van der Waals surface area contributed by atoms with E-state index in [-0.39, 0.29) is 11.6 Å². The van der Waals surface area contributed by atoms with Crippen molar-refractivity contribution >= 4 is 0 Å². The molecule has 0 fully saturated rings. The van der Waals surface area contributed by atoms with E-state index in [1.807, 2.05) is 0 Å². The third kappa shape index (κ3) is 3.51. The predicted octanol–water partition coefficient (Wildman–Crippen LogP) is 3.26. The predicted molar refractivity (Wildman–Crippen MR) is 69.9 cm³/mol. The molecule has 2 aromatic rings. The van der Waals surface area contributed by atoms with E-state index in [2.05, 4.69) is 5.32 Å². The highest BCUT2D eigenvalue weighted by Crippen LogP contribution is 2.17. The maximum Gasteiger partial charge on any atom is 0.165 e. The lowest BCUT2D eigenvalue weighted by Crippen LogP contribution is -2.13. The van der Waals surface area contributed by atoms with Crippen LogP contribution in [0.5, 0.6) is 5.75 Å². The Hall–Kier alpha value is -1.94. The zero-order valence-electron chi connectivity index (χ0n) is 10.6. The van der Waals surface area contributed by atoms with E-state index < -0.39 is 5.82 Å². The van der Waals surface area contributed by atoms with E-state index in [4.69, 9.17) is 4.74 Å². The number of methoxy groups -OCH3 is 1. The van der Waals surface area contributed by atoms with Crippen molar-refractivity contribution in [3.63, 3.8) is 0 Å². The number of halogens is 2. The molecule has 0 aromatic heterocycles. The Morgan fingerprint density at radius 1 is 1.00 bits per heavy atom. The summed E-state index contributed by atoms with van der Waals surface area (Å²) in [6, 6.07) is 11.3. The summed E-state index contributed by atoms with van der Waals surface area (Å²) >= 11 is 0. The van der Waals surface area contributed by atoms with E-state index in [1.165, 1.54) is 19.2 Å². The summed E-state index contributed by atoms with van der Waals surface area (Å²) in [4.78, 5) is 0. The molecule has 0 unspecified atom stereocenters. The second-order valence-electron chi connectivity index (χ2n) is 4.16. The lowest BCUT2D eigenvalue weighted by atomic mass is 10.2. The van der Waals surface area contributed by atoms with Gasteiger partial charge < -0.3 is 10.1 Å². The van der Waals surface area contributed by atoms with E-state index in [0.717, 1.165) is 5.56 Å². The molecule has 0 bridgehead atoms. The molecule has 1 N–H and O–H groups in total. The molecule has 0 aliphatic rings. The van der Waals surface area contributed by atoms with Crippen molar-refractivity contribution in [2.24, 2.45) is 0 Å². The Balaban J connectivity index is 1.93. The summed E-state index contributed by atoms with van der Waals surface area (Å²) in [6.45, 7) is 0.871. The molecule has 19 heavy (non-hydrogen) atoms. The van der Waals surface area contributed by atoms with Gasteiger partial charge in [0.2, 0.25) is 0 Å². The van der Waals surface area contributed by atoms with E-state index in [0.29, 0.717) is 18.7 Å². The molecule has 0 spiro atoms. The molecule has 0 aliphatic carbocycles. The van der Waals surface area contributed by atoms with Gasteiger partial charge in [-0.25, -0.2) is 8.78 Å². The van der Waals surface area contributed by atoms with Gasteiger partial charge in [-0.05, 0) is 23.8 Å². The van der Waals surface area contributed by atoms with Crippen LogP contribution in [0.1, 0.15) is 11.1 Å². The van der Waals surface area contributed by atoms with Gasteiger partial charge in [0.05, 0.1) is 7.11 Å². The fourth-order valence-corrected chi connectivity index (χ4v) is 1.80. The van der Waals surface area contributed by atoms with Crippen LogP contribution in [0.2, 0.25) is 0 Å². The van der Waals surface area contributed by atoms with Crippen molar-refractivity contribution in [2.45, 2.75) is 13.1 Å². The zero-order chi connectivity index (χ0) is 13.7. The smallest absolute Gasteiger partial charge is 0.165 e. The lowest BCUT2D eigenvalue weighted by molar-refractivity contribution is 0.386. The minimum absolute atomic E-state index is 0.220. The molecule has 0 amide bonds. The van der Waals surface area contributed by atoms with Crippen molar-refractivity contribution < 1.29 is 13.5 Å². The minimum atomic E-state index is -0.396. The fraction of sp³-hybridized carbons (Fsp3) is 0.200. The van der Waals surface area contributed by atoms with Crippen LogP contribution in [0.25, 0.3) is 0 Å². The van der Waals surface area contributed by atoms with Gasteiger partial charge in [0, 0.05) is 18.7 Å². The Labute approximate surface area is 111 Å². The molecule has 0 atom stereocenters. The van der Waals surface area contributed by atoms with Crippen molar-refractivity contribution in [3.05, 3.63) is 65.2 Å². The molecule has 0 aliphatic heterocycles. The molecular formula is C15H15F2NO. The molecule has 0 saturated carbocycles. The second kappa shape index (κ2) is 6.29. The summed E-state index contributed by atoms with van der Waals surface area (Å²) in [5.74, 6) is -0.415. The number of nitrogens with one attached hydrogen (secondary N) is 1. The quantitative estimate of drug-likeness (QED) is 0.894. The highest BCUT2D eigenvalue weighted by atomic mass is 19.1. The van der Waals surface area contributed by atoms with Gasteiger partial charge in [-0.1, -0.05) is 24.3 Å². The summed E-state index contributed by atoms with van der Waals surface area (Å²) in [5, 5.41) is 3.08. The molecule has 2 rings (SSSR count). The maximum atomic E-state index is 13.5. The van der Waals surface area contributed by atoms with Crippen LogP contribution >= 0.6 is 0 Å². The van der Waals surface area contributed by atoms with Crippen molar-refractivity contribution in [3.8, 4) is 5.75 Å². The summed E-state index contributed by atoms with van der Waals surface area (Å²) in [5.41, 5.74) is 1.38. The highest BCUT2D eigenvalue weighted by Gasteiger charge is 2.04. The SMILES string of the molecule is COc1ccc(CNCc2ccccc2F)cc1F. The monoisotopic (exact) mass is 263 g/mol. The fourth-order valence-electron chi connectivity index (χ4n) is 1.80.